The Hall–Kier alpha value is -1.85. The molecule has 0 aliphatic rings. The number of rotatable bonds is 1. The first-order valence-corrected chi connectivity index (χ1v) is 6.22. The van der Waals surface area contributed by atoms with Crippen LogP contribution >= 0.6 is 23.2 Å². The second-order valence-corrected chi connectivity index (χ2v) is 4.91. The first kappa shape index (κ1) is 12.2. The minimum atomic E-state index is -0.336. The van der Waals surface area contributed by atoms with Crippen LogP contribution in [0, 0.1) is 6.92 Å². The second-order valence-electron chi connectivity index (χ2n) is 4.07. The first-order chi connectivity index (χ1) is 9.06. The van der Waals surface area contributed by atoms with E-state index in [1.54, 1.807) is 31.3 Å². The molecule has 0 saturated heterocycles. The zero-order valence-corrected chi connectivity index (χ0v) is 11.3. The average Bonchev–Trinajstić information content (AvgIpc) is 2.83. The summed E-state index contributed by atoms with van der Waals surface area (Å²) in [6, 6.07) is 5.06. The molecule has 3 aromatic rings. The average molecular weight is 295 g/mol. The van der Waals surface area contributed by atoms with Gasteiger partial charge in [-0.25, -0.2) is 9.78 Å². The van der Waals surface area contributed by atoms with Crippen LogP contribution in [0.3, 0.4) is 0 Å². The van der Waals surface area contributed by atoms with Gasteiger partial charge in [0.15, 0.2) is 5.52 Å². The van der Waals surface area contributed by atoms with E-state index >= 15 is 0 Å². The number of halogens is 2. The molecule has 3 rings (SSSR count). The van der Waals surface area contributed by atoms with Crippen molar-refractivity contribution in [1.29, 1.82) is 0 Å². The second kappa shape index (κ2) is 4.36. The molecule has 0 bridgehead atoms. The molecule has 5 nitrogen and oxygen atoms in total. The highest BCUT2D eigenvalue weighted by molar-refractivity contribution is 6.34. The van der Waals surface area contributed by atoms with Crippen molar-refractivity contribution in [2.45, 2.75) is 6.92 Å². The van der Waals surface area contributed by atoms with Crippen LogP contribution in [0.1, 0.15) is 5.69 Å². The zero-order valence-electron chi connectivity index (χ0n) is 9.82. The summed E-state index contributed by atoms with van der Waals surface area (Å²) in [4.78, 5) is 11.7. The number of fused-ring (bicyclic) bond motifs is 1. The predicted molar refractivity (Wildman–Crippen MR) is 74.2 cm³/mol. The lowest BCUT2D eigenvalue weighted by atomic mass is 10.3. The summed E-state index contributed by atoms with van der Waals surface area (Å²) in [5.41, 5.74) is 1.30. The normalized spacial score (nSPS) is 11.1. The Morgan fingerprint density at radius 3 is 2.84 bits per heavy atom. The van der Waals surface area contributed by atoms with E-state index in [4.69, 9.17) is 23.2 Å². The Labute approximate surface area is 117 Å². The van der Waals surface area contributed by atoms with Crippen molar-refractivity contribution >= 4 is 34.1 Å². The van der Waals surface area contributed by atoms with Crippen LogP contribution in [0.25, 0.3) is 16.6 Å². The third-order valence-electron chi connectivity index (χ3n) is 2.80. The smallest absolute Gasteiger partial charge is 0.265 e. The van der Waals surface area contributed by atoms with Crippen molar-refractivity contribution in [3.05, 3.63) is 50.5 Å². The molecular formula is C12H8Cl2N4O. The highest BCUT2D eigenvalue weighted by atomic mass is 35.5. The van der Waals surface area contributed by atoms with Gasteiger partial charge in [0.25, 0.3) is 5.56 Å². The summed E-state index contributed by atoms with van der Waals surface area (Å²) in [6.07, 6.45) is 1.71. The van der Waals surface area contributed by atoms with Crippen LogP contribution in [0.5, 0.6) is 0 Å². The molecule has 0 unspecified atom stereocenters. The highest BCUT2D eigenvalue weighted by Crippen LogP contribution is 2.25. The van der Waals surface area contributed by atoms with E-state index in [-0.39, 0.29) is 5.56 Å². The molecule has 0 spiro atoms. The monoisotopic (exact) mass is 294 g/mol. The molecule has 0 radical (unpaired) electrons. The Bertz CT molecular complexity index is 837. The third-order valence-corrected chi connectivity index (χ3v) is 3.35. The number of nitrogens with zero attached hydrogens (tertiary/aromatic N) is 3. The third kappa shape index (κ3) is 2.01. The predicted octanol–water partition coefficient (Wildman–Crippen LogP) is 2.72. The van der Waals surface area contributed by atoms with Crippen LogP contribution in [0.2, 0.25) is 10.0 Å². The summed E-state index contributed by atoms with van der Waals surface area (Å²) in [5, 5.41) is 12.3. The first-order valence-electron chi connectivity index (χ1n) is 5.46. The SMILES string of the molecule is Cc1n[nH]c(=O)c2nn(-c3cc(Cl)ccc3Cl)cc12. The van der Waals surface area contributed by atoms with E-state index in [2.05, 4.69) is 15.3 Å². The van der Waals surface area contributed by atoms with E-state index in [0.717, 1.165) is 0 Å². The fourth-order valence-corrected chi connectivity index (χ4v) is 2.21. The molecule has 2 heterocycles. The van der Waals surface area contributed by atoms with Gasteiger partial charge in [0.2, 0.25) is 0 Å². The summed E-state index contributed by atoms with van der Waals surface area (Å²) < 4.78 is 1.53. The molecule has 0 saturated carbocycles. The summed E-state index contributed by atoms with van der Waals surface area (Å²) in [6.45, 7) is 1.80. The van der Waals surface area contributed by atoms with Crippen molar-refractivity contribution < 1.29 is 0 Å². The number of benzene rings is 1. The van der Waals surface area contributed by atoms with Crippen LogP contribution in [-0.4, -0.2) is 20.0 Å². The molecule has 1 aromatic carbocycles. The van der Waals surface area contributed by atoms with Gasteiger partial charge in [0.1, 0.15) is 0 Å². The van der Waals surface area contributed by atoms with Gasteiger partial charge in [-0.05, 0) is 25.1 Å². The number of aryl methyl sites for hydroxylation is 1. The van der Waals surface area contributed by atoms with Crippen molar-refractivity contribution in [2.24, 2.45) is 0 Å². The van der Waals surface area contributed by atoms with Gasteiger partial charge in [-0.3, -0.25) is 4.79 Å². The number of hydrogen-bond acceptors (Lipinski definition) is 3. The standard InChI is InChI=1S/C12H8Cl2N4O/c1-6-8-5-18(17-11(8)12(19)16-15-6)10-4-7(13)2-3-9(10)14/h2-5H,1H3,(H,16,19). The van der Waals surface area contributed by atoms with Crippen LogP contribution in [0.4, 0.5) is 0 Å². The number of aromatic amines is 1. The molecule has 0 aliphatic heterocycles. The molecule has 0 atom stereocenters. The number of H-pyrrole nitrogens is 1. The Morgan fingerprint density at radius 2 is 2.11 bits per heavy atom. The lowest BCUT2D eigenvalue weighted by Gasteiger charge is -2.03. The largest absolute Gasteiger partial charge is 0.292 e. The van der Waals surface area contributed by atoms with Crippen molar-refractivity contribution in [1.82, 2.24) is 20.0 Å². The lowest BCUT2D eigenvalue weighted by Crippen LogP contribution is -2.09. The quantitative estimate of drug-likeness (QED) is 0.750. The molecule has 19 heavy (non-hydrogen) atoms. The maximum atomic E-state index is 11.7. The van der Waals surface area contributed by atoms with Gasteiger partial charge in [-0.15, -0.1) is 0 Å². The van der Waals surface area contributed by atoms with E-state index in [9.17, 15) is 4.79 Å². The summed E-state index contributed by atoms with van der Waals surface area (Å²) >= 11 is 12.1. The van der Waals surface area contributed by atoms with Crippen molar-refractivity contribution in [3.63, 3.8) is 0 Å². The molecule has 0 fully saturated rings. The van der Waals surface area contributed by atoms with Gasteiger partial charge in [0, 0.05) is 16.6 Å². The Kier molecular flexibility index (Phi) is 2.80. The van der Waals surface area contributed by atoms with E-state index < -0.39 is 0 Å². The zero-order chi connectivity index (χ0) is 13.6. The molecule has 96 valence electrons. The molecular weight excluding hydrogens is 287 g/mol. The molecule has 0 amide bonds. The van der Waals surface area contributed by atoms with E-state index in [0.29, 0.717) is 32.3 Å². The fourth-order valence-electron chi connectivity index (χ4n) is 1.84. The number of aromatic nitrogens is 4. The van der Waals surface area contributed by atoms with E-state index in [1.807, 2.05) is 0 Å². The minimum Gasteiger partial charge on any atom is -0.265 e. The lowest BCUT2D eigenvalue weighted by molar-refractivity contribution is 0.890. The van der Waals surface area contributed by atoms with E-state index in [1.165, 1.54) is 4.68 Å². The van der Waals surface area contributed by atoms with Gasteiger partial charge in [-0.1, -0.05) is 23.2 Å². The maximum absolute atomic E-state index is 11.7. The van der Waals surface area contributed by atoms with Crippen LogP contribution < -0.4 is 5.56 Å². The molecule has 2 aromatic heterocycles. The Morgan fingerprint density at radius 1 is 1.32 bits per heavy atom. The van der Waals surface area contributed by atoms with Crippen molar-refractivity contribution in [2.75, 3.05) is 0 Å². The van der Waals surface area contributed by atoms with Crippen LogP contribution in [0.15, 0.2) is 29.2 Å². The molecule has 7 heteroatoms. The topological polar surface area (TPSA) is 63.6 Å². The maximum Gasteiger partial charge on any atom is 0.292 e. The summed E-state index contributed by atoms with van der Waals surface area (Å²) in [7, 11) is 0. The number of hydrogen-bond donors (Lipinski definition) is 1. The molecule has 1 N–H and O–H groups in total. The number of nitrogens with one attached hydrogen (secondary N) is 1. The fraction of sp³-hybridized carbons (Fsp3) is 0.0833. The minimum absolute atomic E-state index is 0.323. The summed E-state index contributed by atoms with van der Waals surface area (Å²) in [5.74, 6) is 0. The van der Waals surface area contributed by atoms with Gasteiger partial charge in [-0.2, -0.15) is 10.2 Å². The van der Waals surface area contributed by atoms with Gasteiger partial charge < -0.3 is 0 Å². The van der Waals surface area contributed by atoms with Crippen LogP contribution in [-0.2, 0) is 0 Å². The Balaban J connectivity index is 2.32. The molecule has 0 aliphatic carbocycles. The van der Waals surface area contributed by atoms with Gasteiger partial charge >= 0.3 is 0 Å². The van der Waals surface area contributed by atoms with Crippen molar-refractivity contribution in [3.8, 4) is 5.69 Å². The van der Waals surface area contributed by atoms with Gasteiger partial charge in [0.05, 0.1) is 16.4 Å². The highest BCUT2D eigenvalue weighted by Gasteiger charge is 2.11.